The van der Waals surface area contributed by atoms with E-state index >= 15 is 0 Å². The lowest BCUT2D eigenvalue weighted by molar-refractivity contribution is 0.154. The topological polar surface area (TPSA) is 61.6 Å². The minimum absolute atomic E-state index is 0.426. The van der Waals surface area contributed by atoms with Crippen molar-refractivity contribution in [3.63, 3.8) is 0 Å². The van der Waals surface area contributed by atoms with Crippen LogP contribution in [0.25, 0.3) is 0 Å². The molecule has 0 spiro atoms. The van der Waals surface area contributed by atoms with Crippen LogP contribution in [-0.2, 0) is 8.85 Å². The van der Waals surface area contributed by atoms with Gasteiger partial charge in [0.2, 0.25) is 0 Å². The van der Waals surface area contributed by atoms with Gasteiger partial charge in [0.25, 0.3) is 0 Å². The molecule has 0 aromatic carbocycles. The fourth-order valence-electron chi connectivity index (χ4n) is 3.41. The molecule has 0 saturated heterocycles. The zero-order valence-electron chi connectivity index (χ0n) is 15.5. The highest BCUT2D eigenvalue weighted by Crippen LogP contribution is 2.39. The number of nitrogens with two attached hydrogens (primary N) is 1. The van der Waals surface area contributed by atoms with Gasteiger partial charge in [-0.05, 0) is 48.6 Å². The van der Waals surface area contributed by atoms with Gasteiger partial charge in [0, 0.05) is 0 Å². The van der Waals surface area contributed by atoms with Crippen LogP contribution in [0.5, 0.6) is 0 Å². The Kier molecular flexibility index (Phi) is 10.3. The van der Waals surface area contributed by atoms with Crippen molar-refractivity contribution < 1.29 is 13.6 Å². The summed E-state index contributed by atoms with van der Waals surface area (Å²) in [5.74, 6) is 0. The number of carbonyl (C=O) groups excluding carboxylic acids is 1. The Balaban J connectivity index is 4.87. The average Bonchev–Trinajstić information content (AvgIpc) is 2.53. The zero-order chi connectivity index (χ0) is 17.2. The third-order valence-corrected chi connectivity index (χ3v) is 17.2. The van der Waals surface area contributed by atoms with Gasteiger partial charge in [0.1, 0.15) is 0 Å². The van der Waals surface area contributed by atoms with Gasteiger partial charge < -0.3 is 14.6 Å². The van der Waals surface area contributed by atoms with Crippen molar-refractivity contribution in [1.29, 1.82) is 0 Å². The Morgan fingerprint density at radius 1 is 1.00 bits per heavy atom. The fourth-order valence-corrected chi connectivity index (χ4v) is 14.7. The Labute approximate surface area is 139 Å². The summed E-state index contributed by atoms with van der Waals surface area (Å²) in [6.07, 6.45) is 1.26. The van der Waals surface area contributed by atoms with E-state index in [1.54, 1.807) is 0 Å². The monoisotopic (exact) mass is 347 g/mol. The second-order valence-corrected chi connectivity index (χ2v) is 16.2. The van der Waals surface area contributed by atoms with Crippen LogP contribution in [0.4, 0.5) is 4.79 Å². The van der Waals surface area contributed by atoms with Crippen LogP contribution < -0.4 is 5.73 Å². The predicted molar refractivity (Wildman–Crippen MR) is 99.2 cm³/mol. The van der Waals surface area contributed by atoms with Gasteiger partial charge in [-0.2, -0.15) is 0 Å². The molecule has 22 heavy (non-hydrogen) atoms. The molecule has 0 fully saturated rings. The molecule has 132 valence electrons. The van der Waals surface area contributed by atoms with Crippen molar-refractivity contribution in [2.24, 2.45) is 5.73 Å². The van der Waals surface area contributed by atoms with Gasteiger partial charge in [0.15, 0.2) is 16.6 Å². The smallest absolute Gasteiger partial charge is 0.404 e. The van der Waals surface area contributed by atoms with Crippen LogP contribution >= 0.6 is 0 Å². The van der Waals surface area contributed by atoms with E-state index in [-0.39, 0.29) is 0 Å². The van der Waals surface area contributed by atoms with Crippen LogP contribution in [-0.4, -0.2) is 29.3 Å². The highest BCUT2D eigenvalue weighted by molar-refractivity contribution is 6.87. The number of carbonyl (C=O) groups is 1. The van der Waals surface area contributed by atoms with Crippen LogP contribution in [0.1, 0.15) is 54.4 Å². The summed E-state index contributed by atoms with van der Waals surface area (Å²) in [6, 6.07) is 6.00. The molecule has 6 heteroatoms. The number of hydrogen-bond acceptors (Lipinski definition) is 3. The summed E-state index contributed by atoms with van der Waals surface area (Å²) in [5, 5.41) is 0. The molecule has 1 atom stereocenters. The third kappa shape index (κ3) is 6.04. The van der Waals surface area contributed by atoms with Gasteiger partial charge in [-0.1, -0.05) is 41.5 Å². The molecular weight excluding hydrogens is 310 g/mol. The van der Waals surface area contributed by atoms with Gasteiger partial charge >= 0.3 is 6.09 Å². The molecule has 0 aliphatic carbocycles. The highest BCUT2D eigenvalue weighted by atomic mass is 28.4. The first-order valence-electron chi connectivity index (χ1n) is 8.97. The van der Waals surface area contributed by atoms with Crippen molar-refractivity contribution >= 4 is 22.7 Å². The van der Waals surface area contributed by atoms with E-state index in [0.717, 1.165) is 12.8 Å². The van der Waals surface area contributed by atoms with E-state index in [9.17, 15) is 4.79 Å². The second-order valence-electron chi connectivity index (χ2n) is 6.33. The van der Waals surface area contributed by atoms with Crippen LogP contribution in [0.3, 0.4) is 0 Å². The van der Waals surface area contributed by atoms with Crippen molar-refractivity contribution in [3.05, 3.63) is 0 Å². The second kappa shape index (κ2) is 10.4. The first-order valence-corrected chi connectivity index (χ1v) is 13.9. The summed E-state index contributed by atoms with van der Waals surface area (Å²) in [5.41, 5.74) is 5.61. The lowest BCUT2D eigenvalue weighted by Gasteiger charge is -2.44. The molecule has 1 amide bonds. The van der Waals surface area contributed by atoms with Crippen LogP contribution in [0.2, 0.25) is 35.8 Å². The molecule has 0 bridgehead atoms. The number of ether oxygens (including phenoxy) is 1. The van der Waals surface area contributed by atoms with Gasteiger partial charge in [0.05, 0.1) is 6.61 Å². The minimum atomic E-state index is -1.73. The Morgan fingerprint density at radius 3 is 1.86 bits per heavy atom. The number of primary amides is 1. The standard InChI is InChI=1S/C16H37NO3Si2/c1-7-21(8-2,9-3)20-22(10-4,11-5)15(6)13-12-14-19-16(17)18/h15H,7-14H2,1-6H3,(H2,17,18). The SMILES string of the molecule is CC[Si](CC)(CC)O[Si](CC)(CC)C(C)CCCOC(N)=O. The summed E-state index contributed by atoms with van der Waals surface area (Å²) in [7, 11) is -3.30. The fraction of sp³-hybridized carbons (Fsp3) is 0.938. The Hall–Kier alpha value is -0.336. The molecule has 0 aromatic heterocycles. The summed E-state index contributed by atoms with van der Waals surface area (Å²) in [4.78, 5) is 10.6. The molecule has 0 saturated carbocycles. The summed E-state index contributed by atoms with van der Waals surface area (Å²) in [6.45, 7) is 14.3. The summed E-state index contributed by atoms with van der Waals surface area (Å²) < 4.78 is 11.9. The van der Waals surface area contributed by atoms with E-state index in [1.807, 2.05) is 0 Å². The van der Waals surface area contributed by atoms with Gasteiger partial charge in [-0.3, -0.25) is 0 Å². The maximum Gasteiger partial charge on any atom is 0.404 e. The number of amides is 1. The van der Waals surface area contributed by atoms with Crippen molar-refractivity contribution in [2.45, 2.75) is 90.1 Å². The van der Waals surface area contributed by atoms with E-state index in [1.165, 1.54) is 30.2 Å². The average molecular weight is 348 g/mol. The molecule has 0 heterocycles. The molecule has 0 radical (unpaired) electrons. The van der Waals surface area contributed by atoms with Crippen LogP contribution in [0, 0.1) is 0 Å². The molecular formula is C16H37NO3Si2. The van der Waals surface area contributed by atoms with E-state index in [4.69, 9.17) is 14.6 Å². The minimum Gasteiger partial charge on any atom is -0.455 e. The maximum atomic E-state index is 10.6. The molecule has 1 unspecified atom stereocenters. The lowest BCUT2D eigenvalue weighted by atomic mass is 10.2. The highest BCUT2D eigenvalue weighted by Gasteiger charge is 2.43. The molecule has 4 nitrogen and oxygen atoms in total. The maximum absolute atomic E-state index is 10.6. The number of rotatable bonds is 12. The van der Waals surface area contributed by atoms with E-state index in [0.29, 0.717) is 12.1 Å². The summed E-state index contributed by atoms with van der Waals surface area (Å²) >= 11 is 0. The Morgan fingerprint density at radius 2 is 1.50 bits per heavy atom. The Bertz CT molecular complexity index is 310. The van der Waals surface area contributed by atoms with E-state index in [2.05, 4.69) is 41.5 Å². The number of hydrogen-bond donors (Lipinski definition) is 1. The van der Waals surface area contributed by atoms with Crippen molar-refractivity contribution in [3.8, 4) is 0 Å². The third-order valence-electron chi connectivity index (χ3n) is 5.47. The largest absolute Gasteiger partial charge is 0.455 e. The van der Waals surface area contributed by atoms with Gasteiger partial charge in [-0.15, -0.1) is 0 Å². The first-order chi connectivity index (χ1) is 10.3. The predicted octanol–water partition coefficient (Wildman–Crippen LogP) is 5.26. The molecule has 0 rings (SSSR count). The van der Waals surface area contributed by atoms with Crippen LogP contribution in [0.15, 0.2) is 0 Å². The zero-order valence-corrected chi connectivity index (χ0v) is 17.5. The van der Waals surface area contributed by atoms with Crippen molar-refractivity contribution in [1.82, 2.24) is 0 Å². The first kappa shape index (κ1) is 21.7. The molecule has 0 aromatic rings. The quantitative estimate of drug-likeness (QED) is 0.387. The van der Waals surface area contributed by atoms with Crippen molar-refractivity contribution in [2.75, 3.05) is 6.61 Å². The lowest BCUT2D eigenvalue weighted by Crippen LogP contribution is -2.52. The molecule has 2 N–H and O–H groups in total. The normalized spacial score (nSPS) is 13.9. The van der Waals surface area contributed by atoms with E-state index < -0.39 is 22.7 Å². The molecule has 0 aliphatic rings. The molecule has 0 aliphatic heterocycles. The van der Waals surface area contributed by atoms with Gasteiger partial charge in [-0.25, -0.2) is 4.79 Å².